The van der Waals surface area contributed by atoms with Crippen molar-refractivity contribution in [3.05, 3.63) is 59.5 Å². The first-order valence-electron chi connectivity index (χ1n) is 6.63. The highest BCUT2D eigenvalue weighted by atomic mass is 19.1. The zero-order valence-corrected chi connectivity index (χ0v) is 11.2. The molecule has 1 unspecified atom stereocenters. The molecule has 1 fully saturated rings. The highest BCUT2D eigenvalue weighted by molar-refractivity contribution is 5.95. The van der Waals surface area contributed by atoms with E-state index in [1.807, 2.05) is 36.4 Å². The van der Waals surface area contributed by atoms with Crippen LogP contribution in [-0.2, 0) is 4.79 Å². The number of amides is 1. The van der Waals surface area contributed by atoms with E-state index < -0.39 is 5.82 Å². The first-order valence-corrected chi connectivity index (χ1v) is 6.63. The van der Waals surface area contributed by atoms with Crippen LogP contribution in [0.1, 0.15) is 30.0 Å². The number of carbonyl (C=O) groups is 1. The van der Waals surface area contributed by atoms with Gasteiger partial charge in [-0.1, -0.05) is 30.3 Å². The van der Waals surface area contributed by atoms with Crippen LogP contribution in [0.25, 0.3) is 0 Å². The molecule has 0 spiro atoms. The quantitative estimate of drug-likeness (QED) is 0.850. The Hall–Kier alpha value is -2.74. The van der Waals surface area contributed by atoms with Crippen molar-refractivity contribution in [1.82, 2.24) is 4.98 Å². The number of nitriles is 1. The van der Waals surface area contributed by atoms with Gasteiger partial charge in [0.25, 0.3) is 0 Å². The fraction of sp³-hybridized carbons (Fsp3) is 0.188. The maximum absolute atomic E-state index is 14.1. The third-order valence-electron chi connectivity index (χ3n) is 3.58. The predicted molar refractivity (Wildman–Crippen MR) is 74.8 cm³/mol. The van der Waals surface area contributed by atoms with E-state index in [2.05, 4.69) is 4.98 Å². The monoisotopic (exact) mass is 281 g/mol. The van der Waals surface area contributed by atoms with Gasteiger partial charge in [0.05, 0.1) is 11.6 Å². The molecule has 0 N–H and O–H groups in total. The Morgan fingerprint density at radius 2 is 2.10 bits per heavy atom. The molecule has 21 heavy (non-hydrogen) atoms. The standard InChI is InChI=1S/C16H12FN3O/c17-13-8-11(9-18)10-19-16(13)20-14(6-7-15(20)21)12-4-2-1-3-5-12/h1-5,8,10,14H,6-7H2. The molecule has 1 aliphatic heterocycles. The highest BCUT2D eigenvalue weighted by Crippen LogP contribution is 2.37. The second kappa shape index (κ2) is 5.33. The van der Waals surface area contributed by atoms with Gasteiger partial charge in [0.1, 0.15) is 6.07 Å². The lowest BCUT2D eigenvalue weighted by atomic mass is 10.0. The molecule has 3 rings (SSSR count). The van der Waals surface area contributed by atoms with Gasteiger partial charge in [-0.15, -0.1) is 0 Å². The minimum atomic E-state index is -0.648. The van der Waals surface area contributed by atoms with Crippen molar-refractivity contribution in [3.8, 4) is 6.07 Å². The molecular weight excluding hydrogens is 269 g/mol. The minimum absolute atomic E-state index is 0.00893. The van der Waals surface area contributed by atoms with E-state index in [0.29, 0.717) is 12.8 Å². The number of carbonyl (C=O) groups excluding carboxylic acids is 1. The summed E-state index contributed by atoms with van der Waals surface area (Å²) in [7, 11) is 0. The van der Waals surface area contributed by atoms with Crippen LogP contribution >= 0.6 is 0 Å². The van der Waals surface area contributed by atoms with Crippen molar-refractivity contribution in [1.29, 1.82) is 5.26 Å². The SMILES string of the molecule is N#Cc1cnc(N2C(=O)CCC2c2ccccc2)c(F)c1. The molecule has 2 heterocycles. The van der Waals surface area contributed by atoms with E-state index >= 15 is 0 Å². The molecule has 5 heteroatoms. The van der Waals surface area contributed by atoms with Crippen LogP contribution in [0.4, 0.5) is 10.2 Å². The number of aromatic nitrogens is 1. The van der Waals surface area contributed by atoms with Gasteiger partial charge in [0.2, 0.25) is 5.91 Å². The molecule has 2 aromatic rings. The van der Waals surface area contributed by atoms with Crippen molar-refractivity contribution in [2.45, 2.75) is 18.9 Å². The lowest BCUT2D eigenvalue weighted by Gasteiger charge is -2.24. The van der Waals surface area contributed by atoms with Gasteiger partial charge in [-0.05, 0) is 18.1 Å². The molecule has 1 amide bonds. The van der Waals surface area contributed by atoms with Crippen LogP contribution in [0, 0.1) is 17.1 Å². The number of benzene rings is 1. The maximum Gasteiger partial charge on any atom is 0.228 e. The summed E-state index contributed by atoms with van der Waals surface area (Å²) in [6.45, 7) is 0. The third kappa shape index (κ3) is 2.36. The van der Waals surface area contributed by atoms with Gasteiger partial charge in [-0.2, -0.15) is 5.26 Å². The number of hydrogen-bond acceptors (Lipinski definition) is 3. The van der Waals surface area contributed by atoms with E-state index in [1.165, 1.54) is 11.1 Å². The number of halogens is 1. The molecular formula is C16H12FN3O. The summed E-state index contributed by atoms with van der Waals surface area (Å²) < 4.78 is 14.1. The van der Waals surface area contributed by atoms with Crippen molar-refractivity contribution in [2.75, 3.05) is 4.90 Å². The number of pyridine rings is 1. The lowest BCUT2D eigenvalue weighted by Crippen LogP contribution is -2.29. The summed E-state index contributed by atoms with van der Waals surface area (Å²) in [5.74, 6) is -0.810. The van der Waals surface area contributed by atoms with E-state index in [-0.39, 0.29) is 23.3 Å². The van der Waals surface area contributed by atoms with Gasteiger partial charge in [0, 0.05) is 12.6 Å². The second-order valence-corrected chi connectivity index (χ2v) is 4.87. The average molecular weight is 281 g/mol. The molecule has 0 radical (unpaired) electrons. The summed E-state index contributed by atoms with van der Waals surface area (Å²) >= 11 is 0. The largest absolute Gasteiger partial charge is 0.287 e. The highest BCUT2D eigenvalue weighted by Gasteiger charge is 2.35. The molecule has 1 aromatic carbocycles. The second-order valence-electron chi connectivity index (χ2n) is 4.87. The topological polar surface area (TPSA) is 57.0 Å². The fourth-order valence-electron chi connectivity index (χ4n) is 2.61. The molecule has 104 valence electrons. The van der Waals surface area contributed by atoms with Crippen molar-refractivity contribution >= 4 is 11.7 Å². The summed E-state index contributed by atoms with van der Waals surface area (Å²) in [6, 6.07) is 12.2. The summed E-state index contributed by atoms with van der Waals surface area (Å²) in [4.78, 5) is 17.5. The average Bonchev–Trinajstić information content (AvgIpc) is 2.89. The molecule has 0 aliphatic carbocycles. The Morgan fingerprint density at radius 3 is 2.76 bits per heavy atom. The number of anilines is 1. The Bertz CT molecular complexity index is 724. The first kappa shape index (κ1) is 13.3. The summed E-state index contributed by atoms with van der Waals surface area (Å²) in [5.41, 5.74) is 1.09. The third-order valence-corrected chi connectivity index (χ3v) is 3.58. The number of nitrogens with zero attached hydrogens (tertiary/aromatic N) is 3. The molecule has 1 atom stereocenters. The Kier molecular flexibility index (Phi) is 3.36. The lowest BCUT2D eigenvalue weighted by molar-refractivity contribution is -0.117. The minimum Gasteiger partial charge on any atom is -0.287 e. The van der Waals surface area contributed by atoms with Crippen molar-refractivity contribution in [2.24, 2.45) is 0 Å². The number of hydrogen-bond donors (Lipinski definition) is 0. The van der Waals surface area contributed by atoms with E-state index in [1.54, 1.807) is 0 Å². The van der Waals surface area contributed by atoms with E-state index in [9.17, 15) is 9.18 Å². The van der Waals surface area contributed by atoms with Crippen molar-refractivity contribution in [3.63, 3.8) is 0 Å². The molecule has 0 bridgehead atoms. The molecule has 1 saturated heterocycles. The van der Waals surface area contributed by atoms with E-state index in [4.69, 9.17) is 5.26 Å². The first-order chi connectivity index (χ1) is 10.2. The Balaban J connectivity index is 2.03. The fourth-order valence-corrected chi connectivity index (χ4v) is 2.61. The van der Waals surface area contributed by atoms with E-state index in [0.717, 1.165) is 11.6 Å². The molecule has 4 nitrogen and oxygen atoms in total. The van der Waals surface area contributed by atoms with Gasteiger partial charge >= 0.3 is 0 Å². The predicted octanol–water partition coefficient (Wildman–Crippen LogP) is 2.96. The molecule has 1 aromatic heterocycles. The molecule has 1 aliphatic rings. The van der Waals surface area contributed by atoms with Crippen LogP contribution < -0.4 is 4.90 Å². The number of rotatable bonds is 2. The zero-order chi connectivity index (χ0) is 14.8. The normalized spacial score (nSPS) is 17.8. The van der Waals surface area contributed by atoms with Crippen LogP contribution in [0.2, 0.25) is 0 Å². The van der Waals surface area contributed by atoms with Gasteiger partial charge in [-0.25, -0.2) is 9.37 Å². The Morgan fingerprint density at radius 1 is 1.33 bits per heavy atom. The van der Waals surface area contributed by atoms with Gasteiger partial charge in [0.15, 0.2) is 11.6 Å². The van der Waals surface area contributed by atoms with Crippen LogP contribution in [0.3, 0.4) is 0 Å². The smallest absolute Gasteiger partial charge is 0.228 e. The van der Waals surface area contributed by atoms with Crippen LogP contribution in [0.5, 0.6) is 0 Å². The van der Waals surface area contributed by atoms with Crippen LogP contribution in [-0.4, -0.2) is 10.9 Å². The van der Waals surface area contributed by atoms with Gasteiger partial charge < -0.3 is 0 Å². The van der Waals surface area contributed by atoms with Crippen LogP contribution in [0.15, 0.2) is 42.6 Å². The zero-order valence-electron chi connectivity index (χ0n) is 11.2. The summed E-state index contributed by atoms with van der Waals surface area (Å²) in [5, 5.41) is 8.76. The summed E-state index contributed by atoms with van der Waals surface area (Å²) in [6.07, 6.45) is 2.27. The van der Waals surface area contributed by atoms with Gasteiger partial charge in [-0.3, -0.25) is 9.69 Å². The molecule has 0 saturated carbocycles. The Labute approximate surface area is 121 Å². The van der Waals surface area contributed by atoms with Crippen molar-refractivity contribution < 1.29 is 9.18 Å². The maximum atomic E-state index is 14.1.